The van der Waals surface area contributed by atoms with E-state index < -0.39 is 32.4 Å². The van der Waals surface area contributed by atoms with Crippen LogP contribution in [0, 0.1) is 17.5 Å². The van der Waals surface area contributed by atoms with Gasteiger partial charge in [0.2, 0.25) is 10.0 Å². The Morgan fingerprint density at radius 1 is 1.29 bits per heavy atom. The number of halogens is 3. The van der Waals surface area contributed by atoms with Crippen molar-refractivity contribution in [2.45, 2.75) is 30.7 Å². The minimum atomic E-state index is -4.31. The van der Waals surface area contributed by atoms with Gasteiger partial charge >= 0.3 is 0 Å². The van der Waals surface area contributed by atoms with Crippen LogP contribution >= 0.6 is 0 Å². The third-order valence-electron chi connectivity index (χ3n) is 3.44. The summed E-state index contributed by atoms with van der Waals surface area (Å²) >= 11 is 0. The van der Waals surface area contributed by atoms with Crippen LogP contribution in [-0.2, 0) is 10.0 Å². The topological polar surface area (TPSA) is 49.4 Å². The first-order valence-corrected chi connectivity index (χ1v) is 8.18. The second-order valence-corrected chi connectivity index (χ2v) is 6.83. The predicted molar refractivity (Wildman–Crippen MR) is 71.8 cm³/mol. The predicted octanol–water partition coefficient (Wildman–Crippen LogP) is 1.87. The van der Waals surface area contributed by atoms with E-state index in [1.807, 2.05) is 6.92 Å². The van der Waals surface area contributed by atoms with Crippen molar-refractivity contribution < 1.29 is 21.6 Å². The maximum Gasteiger partial charge on any atom is 0.248 e. The van der Waals surface area contributed by atoms with Crippen LogP contribution in [0.3, 0.4) is 0 Å². The molecule has 21 heavy (non-hydrogen) atoms. The normalized spacial score (nSPS) is 20.7. The Balaban J connectivity index is 2.34. The van der Waals surface area contributed by atoms with E-state index in [-0.39, 0.29) is 19.1 Å². The summed E-state index contributed by atoms with van der Waals surface area (Å²) in [4.78, 5) is -1.08. The summed E-state index contributed by atoms with van der Waals surface area (Å²) in [7, 11) is -4.31. The smallest absolute Gasteiger partial charge is 0.248 e. The van der Waals surface area contributed by atoms with E-state index in [1.54, 1.807) is 0 Å². The van der Waals surface area contributed by atoms with Gasteiger partial charge in [0.25, 0.3) is 0 Å². The summed E-state index contributed by atoms with van der Waals surface area (Å²) in [5, 5.41) is 3.12. The van der Waals surface area contributed by atoms with Crippen molar-refractivity contribution >= 4 is 10.0 Å². The molecule has 8 heteroatoms. The molecule has 0 aliphatic carbocycles. The number of hydrogen-bond donors (Lipinski definition) is 1. The van der Waals surface area contributed by atoms with E-state index in [9.17, 15) is 21.6 Å². The van der Waals surface area contributed by atoms with Gasteiger partial charge < -0.3 is 5.32 Å². The summed E-state index contributed by atoms with van der Waals surface area (Å²) in [5.74, 6) is -3.95. The summed E-state index contributed by atoms with van der Waals surface area (Å²) in [6.07, 6.45) is 1.40. The van der Waals surface area contributed by atoms with E-state index in [4.69, 9.17) is 0 Å². The van der Waals surface area contributed by atoms with Crippen LogP contribution < -0.4 is 5.32 Å². The summed E-state index contributed by atoms with van der Waals surface area (Å²) < 4.78 is 66.1. The first-order valence-electron chi connectivity index (χ1n) is 6.74. The standard InChI is InChI=1S/C13H17F3N2O2S/c1-2-17-10-4-3-5-18(8-10)21(19,20)13-11(15)6-9(14)7-12(13)16/h6-7,10,17H,2-5,8H2,1H3. The molecule has 0 aromatic heterocycles. The van der Waals surface area contributed by atoms with Crippen LogP contribution in [0.2, 0.25) is 0 Å². The largest absolute Gasteiger partial charge is 0.313 e. The monoisotopic (exact) mass is 322 g/mol. The van der Waals surface area contributed by atoms with Crippen molar-refractivity contribution in [3.8, 4) is 0 Å². The molecule has 0 radical (unpaired) electrons. The molecule has 2 rings (SSSR count). The van der Waals surface area contributed by atoms with Gasteiger partial charge in [-0.3, -0.25) is 0 Å². The average molecular weight is 322 g/mol. The molecule has 1 atom stereocenters. The number of nitrogens with zero attached hydrogens (tertiary/aromatic N) is 1. The van der Waals surface area contributed by atoms with Gasteiger partial charge in [-0.1, -0.05) is 6.92 Å². The zero-order chi connectivity index (χ0) is 15.6. The number of benzene rings is 1. The molecular weight excluding hydrogens is 305 g/mol. The molecule has 1 aliphatic heterocycles. The first kappa shape index (κ1) is 16.3. The highest BCUT2D eigenvalue weighted by Gasteiger charge is 2.34. The van der Waals surface area contributed by atoms with Gasteiger partial charge in [-0.25, -0.2) is 21.6 Å². The second kappa shape index (κ2) is 6.33. The fourth-order valence-electron chi connectivity index (χ4n) is 2.52. The highest BCUT2D eigenvalue weighted by atomic mass is 32.2. The molecule has 4 nitrogen and oxygen atoms in total. The van der Waals surface area contributed by atoms with Crippen LogP contribution in [0.4, 0.5) is 13.2 Å². The van der Waals surface area contributed by atoms with E-state index in [0.29, 0.717) is 25.1 Å². The summed E-state index contributed by atoms with van der Waals surface area (Å²) in [6.45, 7) is 2.91. The van der Waals surface area contributed by atoms with Crippen LogP contribution in [0.5, 0.6) is 0 Å². The highest BCUT2D eigenvalue weighted by Crippen LogP contribution is 2.26. The van der Waals surface area contributed by atoms with Crippen LogP contribution in [-0.4, -0.2) is 38.4 Å². The minimum Gasteiger partial charge on any atom is -0.313 e. The third-order valence-corrected chi connectivity index (χ3v) is 5.36. The summed E-state index contributed by atoms with van der Waals surface area (Å²) in [5.41, 5.74) is 0. The molecule has 0 amide bonds. The van der Waals surface area contributed by atoms with Gasteiger partial charge in [-0.05, 0) is 19.4 Å². The van der Waals surface area contributed by atoms with Crippen molar-refractivity contribution in [3.63, 3.8) is 0 Å². The molecular formula is C13H17F3N2O2S. The van der Waals surface area contributed by atoms with Gasteiger partial charge in [-0.15, -0.1) is 0 Å². The number of piperidine rings is 1. The zero-order valence-electron chi connectivity index (χ0n) is 11.6. The number of sulfonamides is 1. The number of rotatable bonds is 4. The highest BCUT2D eigenvalue weighted by molar-refractivity contribution is 7.89. The third kappa shape index (κ3) is 3.38. The number of likely N-dealkylation sites (N-methyl/N-ethyl adjacent to an activating group) is 1. The fourth-order valence-corrected chi connectivity index (χ4v) is 4.14. The molecule has 1 heterocycles. The molecule has 118 valence electrons. The van der Waals surface area contributed by atoms with E-state index in [0.717, 1.165) is 10.7 Å². The fraction of sp³-hybridized carbons (Fsp3) is 0.538. The maximum absolute atomic E-state index is 13.7. The Kier molecular flexibility index (Phi) is 4.90. The van der Waals surface area contributed by atoms with E-state index in [1.165, 1.54) is 0 Å². The lowest BCUT2D eigenvalue weighted by Crippen LogP contribution is -2.48. The maximum atomic E-state index is 13.7. The zero-order valence-corrected chi connectivity index (χ0v) is 12.4. The average Bonchev–Trinajstić information content (AvgIpc) is 2.37. The Morgan fingerprint density at radius 2 is 1.90 bits per heavy atom. The van der Waals surface area contributed by atoms with Crippen LogP contribution in [0.1, 0.15) is 19.8 Å². The van der Waals surface area contributed by atoms with Gasteiger partial charge in [0.15, 0.2) is 4.90 Å². The molecule has 1 aromatic carbocycles. The molecule has 1 fully saturated rings. The van der Waals surface area contributed by atoms with Crippen LogP contribution in [0.25, 0.3) is 0 Å². The van der Waals surface area contributed by atoms with E-state index >= 15 is 0 Å². The molecule has 1 saturated heterocycles. The number of hydrogen-bond acceptors (Lipinski definition) is 3. The Labute approximate surface area is 122 Å². The lowest BCUT2D eigenvalue weighted by Gasteiger charge is -2.32. The van der Waals surface area contributed by atoms with Crippen molar-refractivity contribution in [1.82, 2.24) is 9.62 Å². The minimum absolute atomic E-state index is 0.0508. The Bertz CT molecular complexity index is 597. The van der Waals surface area contributed by atoms with Gasteiger partial charge in [0, 0.05) is 31.3 Å². The van der Waals surface area contributed by atoms with Crippen LogP contribution in [0.15, 0.2) is 17.0 Å². The van der Waals surface area contributed by atoms with Gasteiger partial charge in [0.1, 0.15) is 17.5 Å². The molecule has 1 aromatic rings. The number of nitrogens with one attached hydrogen (secondary N) is 1. The Morgan fingerprint density at radius 3 is 2.48 bits per heavy atom. The summed E-state index contributed by atoms with van der Waals surface area (Å²) in [6, 6.07) is 0.703. The van der Waals surface area contributed by atoms with E-state index in [2.05, 4.69) is 5.32 Å². The first-order chi connectivity index (χ1) is 9.86. The van der Waals surface area contributed by atoms with Gasteiger partial charge in [-0.2, -0.15) is 4.31 Å². The molecule has 1 unspecified atom stereocenters. The Hall–Kier alpha value is -1.12. The van der Waals surface area contributed by atoms with Crippen molar-refractivity contribution in [1.29, 1.82) is 0 Å². The molecule has 1 aliphatic rings. The molecule has 1 N–H and O–H groups in total. The molecule has 0 bridgehead atoms. The quantitative estimate of drug-likeness (QED) is 0.921. The second-order valence-electron chi connectivity index (χ2n) is 4.96. The van der Waals surface area contributed by atoms with Crippen molar-refractivity contribution in [3.05, 3.63) is 29.6 Å². The molecule has 0 spiro atoms. The van der Waals surface area contributed by atoms with Crippen molar-refractivity contribution in [2.24, 2.45) is 0 Å². The SMILES string of the molecule is CCNC1CCCN(S(=O)(=O)c2c(F)cc(F)cc2F)C1. The van der Waals surface area contributed by atoms with Crippen molar-refractivity contribution in [2.75, 3.05) is 19.6 Å². The molecule has 0 saturated carbocycles. The lowest BCUT2D eigenvalue weighted by molar-refractivity contribution is 0.284. The lowest BCUT2D eigenvalue weighted by atomic mass is 10.1. The van der Waals surface area contributed by atoms with Gasteiger partial charge in [0.05, 0.1) is 0 Å².